The zero-order valence-electron chi connectivity index (χ0n) is 15.4. The third kappa shape index (κ3) is 3.42. The second-order valence-electron chi connectivity index (χ2n) is 6.52. The summed E-state index contributed by atoms with van der Waals surface area (Å²) in [6.07, 6.45) is 6.54. The fraction of sp³-hybridized carbons (Fsp3) is 0.143. The molecule has 0 aliphatic carbocycles. The summed E-state index contributed by atoms with van der Waals surface area (Å²) >= 11 is 0. The Bertz CT molecular complexity index is 1180. The van der Waals surface area contributed by atoms with Crippen molar-refractivity contribution in [1.29, 1.82) is 0 Å². The van der Waals surface area contributed by atoms with Crippen molar-refractivity contribution in [3.05, 3.63) is 101 Å². The highest BCUT2D eigenvalue weighted by Crippen LogP contribution is 2.09. The second kappa shape index (κ2) is 7.48. The molecule has 28 heavy (non-hydrogen) atoms. The van der Waals surface area contributed by atoms with Crippen LogP contribution in [0.15, 0.2) is 78.1 Å². The maximum Gasteiger partial charge on any atom is 0.270 e. The molecule has 0 saturated carbocycles. The number of carbonyl (C=O) groups is 1. The number of nitrogens with zero attached hydrogens (tertiary/aromatic N) is 5. The van der Waals surface area contributed by atoms with Gasteiger partial charge in [0.1, 0.15) is 17.0 Å². The zero-order chi connectivity index (χ0) is 19.5. The van der Waals surface area contributed by atoms with E-state index in [0.29, 0.717) is 12.2 Å². The second-order valence-corrected chi connectivity index (χ2v) is 6.52. The molecule has 7 heteroatoms. The van der Waals surface area contributed by atoms with Gasteiger partial charge in [-0.15, -0.1) is 0 Å². The van der Waals surface area contributed by atoms with Crippen molar-refractivity contribution in [3.63, 3.8) is 0 Å². The lowest BCUT2D eigenvalue weighted by Gasteiger charge is -2.17. The molecule has 0 N–H and O–H groups in total. The SMILES string of the molecule is CN(Cc1nccn1Cc1ccccc1)C(=O)c1cnc2ccccn2c1=O. The standard InChI is InChI=1S/C21H19N5O2/c1-24(15-19-22-10-12-25(19)14-16-7-3-2-4-8-16)20(27)17-13-23-18-9-5-6-11-26(18)21(17)28/h2-13H,14-15H2,1H3. The minimum atomic E-state index is -0.384. The van der Waals surface area contributed by atoms with Gasteiger partial charge in [-0.25, -0.2) is 9.97 Å². The van der Waals surface area contributed by atoms with Crippen LogP contribution in [-0.4, -0.2) is 36.8 Å². The van der Waals surface area contributed by atoms with Crippen LogP contribution in [0.4, 0.5) is 0 Å². The van der Waals surface area contributed by atoms with E-state index in [4.69, 9.17) is 0 Å². The molecule has 0 unspecified atom stereocenters. The Labute approximate surface area is 161 Å². The number of amides is 1. The number of benzene rings is 1. The molecule has 0 atom stereocenters. The molecule has 4 rings (SSSR count). The fourth-order valence-electron chi connectivity index (χ4n) is 3.08. The number of fused-ring (bicyclic) bond motifs is 1. The van der Waals surface area contributed by atoms with E-state index in [0.717, 1.165) is 11.4 Å². The minimum Gasteiger partial charge on any atom is -0.334 e. The number of imidazole rings is 1. The van der Waals surface area contributed by atoms with Crippen LogP contribution in [-0.2, 0) is 13.1 Å². The van der Waals surface area contributed by atoms with Crippen molar-refractivity contribution in [3.8, 4) is 0 Å². The maximum absolute atomic E-state index is 12.8. The summed E-state index contributed by atoms with van der Waals surface area (Å²) in [6, 6.07) is 15.3. The van der Waals surface area contributed by atoms with E-state index in [9.17, 15) is 9.59 Å². The monoisotopic (exact) mass is 373 g/mol. The van der Waals surface area contributed by atoms with E-state index < -0.39 is 0 Å². The quantitative estimate of drug-likeness (QED) is 0.538. The van der Waals surface area contributed by atoms with Crippen molar-refractivity contribution in [2.75, 3.05) is 7.05 Å². The van der Waals surface area contributed by atoms with E-state index in [1.807, 2.05) is 41.1 Å². The van der Waals surface area contributed by atoms with Gasteiger partial charge in [0.05, 0.1) is 6.54 Å². The maximum atomic E-state index is 12.8. The Hall–Kier alpha value is -3.74. The minimum absolute atomic E-state index is 0.0346. The average Bonchev–Trinajstić information content (AvgIpc) is 3.15. The van der Waals surface area contributed by atoms with Crippen LogP contribution in [0.1, 0.15) is 21.7 Å². The van der Waals surface area contributed by atoms with Gasteiger partial charge >= 0.3 is 0 Å². The summed E-state index contributed by atoms with van der Waals surface area (Å²) in [6.45, 7) is 0.952. The molecular weight excluding hydrogens is 354 g/mol. The van der Waals surface area contributed by atoms with Crippen LogP contribution in [0.2, 0.25) is 0 Å². The molecule has 0 saturated heterocycles. The highest BCUT2D eigenvalue weighted by atomic mass is 16.2. The molecule has 1 aromatic carbocycles. The summed E-state index contributed by atoms with van der Waals surface area (Å²) in [5.41, 5.74) is 1.31. The van der Waals surface area contributed by atoms with E-state index >= 15 is 0 Å². The molecule has 0 spiro atoms. The van der Waals surface area contributed by atoms with Crippen molar-refractivity contribution in [1.82, 2.24) is 23.8 Å². The molecule has 0 fully saturated rings. The first-order valence-electron chi connectivity index (χ1n) is 8.89. The van der Waals surface area contributed by atoms with Crippen LogP contribution in [0.3, 0.4) is 0 Å². The Morgan fingerprint density at radius 3 is 2.64 bits per heavy atom. The van der Waals surface area contributed by atoms with Crippen molar-refractivity contribution in [2.24, 2.45) is 0 Å². The highest BCUT2D eigenvalue weighted by molar-refractivity contribution is 5.93. The molecule has 140 valence electrons. The predicted octanol–water partition coefficient (Wildman–Crippen LogP) is 2.21. The summed E-state index contributed by atoms with van der Waals surface area (Å²) < 4.78 is 3.36. The molecule has 1 amide bonds. The molecule has 7 nitrogen and oxygen atoms in total. The van der Waals surface area contributed by atoms with E-state index in [2.05, 4.69) is 9.97 Å². The molecule has 0 aliphatic rings. The van der Waals surface area contributed by atoms with Gasteiger partial charge in [-0.2, -0.15) is 0 Å². The Kier molecular flexibility index (Phi) is 4.72. The van der Waals surface area contributed by atoms with Gasteiger partial charge in [0.15, 0.2) is 0 Å². The zero-order valence-corrected chi connectivity index (χ0v) is 15.4. The van der Waals surface area contributed by atoms with Crippen LogP contribution in [0.5, 0.6) is 0 Å². The lowest BCUT2D eigenvalue weighted by Crippen LogP contribution is -2.33. The average molecular weight is 373 g/mol. The summed E-state index contributed by atoms with van der Waals surface area (Å²) in [5, 5.41) is 0. The summed E-state index contributed by atoms with van der Waals surface area (Å²) in [4.78, 5) is 35.5. The lowest BCUT2D eigenvalue weighted by molar-refractivity contribution is 0.0778. The van der Waals surface area contributed by atoms with Crippen LogP contribution in [0.25, 0.3) is 5.65 Å². The summed E-state index contributed by atoms with van der Waals surface area (Å²) in [7, 11) is 1.66. The van der Waals surface area contributed by atoms with Crippen LogP contribution < -0.4 is 5.56 Å². The van der Waals surface area contributed by atoms with E-state index in [1.165, 1.54) is 15.5 Å². The van der Waals surface area contributed by atoms with Crippen molar-refractivity contribution < 1.29 is 4.79 Å². The number of hydrogen-bond acceptors (Lipinski definition) is 4. The molecule has 0 bridgehead atoms. The molecule has 4 aromatic rings. The number of aromatic nitrogens is 4. The van der Waals surface area contributed by atoms with Crippen molar-refractivity contribution >= 4 is 11.6 Å². The van der Waals surface area contributed by atoms with Crippen LogP contribution in [0, 0.1) is 0 Å². The Morgan fingerprint density at radius 2 is 1.82 bits per heavy atom. The van der Waals surface area contributed by atoms with Gasteiger partial charge in [0, 0.05) is 38.4 Å². The smallest absolute Gasteiger partial charge is 0.270 e. The normalized spacial score (nSPS) is 10.9. The fourth-order valence-corrected chi connectivity index (χ4v) is 3.08. The van der Waals surface area contributed by atoms with Gasteiger partial charge in [0.2, 0.25) is 0 Å². The third-order valence-electron chi connectivity index (χ3n) is 4.57. The van der Waals surface area contributed by atoms with Gasteiger partial charge < -0.3 is 9.47 Å². The first-order chi connectivity index (χ1) is 13.6. The lowest BCUT2D eigenvalue weighted by atomic mass is 10.2. The van der Waals surface area contributed by atoms with E-state index in [1.54, 1.807) is 37.6 Å². The molecule has 3 aromatic heterocycles. The molecular formula is C21H19N5O2. The molecule has 0 aliphatic heterocycles. The van der Waals surface area contributed by atoms with Gasteiger partial charge in [-0.1, -0.05) is 36.4 Å². The number of pyridine rings is 1. The number of rotatable bonds is 5. The molecule has 0 radical (unpaired) electrons. The van der Waals surface area contributed by atoms with Gasteiger partial charge in [0.25, 0.3) is 11.5 Å². The highest BCUT2D eigenvalue weighted by Gasteiger charge is 2.19. The van der Waals surface area contributed by atoms with Crippen LogP contribution >= 0.6 is 0 Å². The van der Waals surface area contributed by atoms with Gasteiger partial charge in [-0.05, 0) is 17.7 Å². The Morgan fingerprint density at radius 1 is 1.04 bits per heavy atom. The van der Waals surface area contributed by atoms with E-state index in [-0.39, 0.29) is 23.6 Å². The topological polar surface area (TPSA) is 72.5 Å². The Balaban J connectivity index is 1.56. The third-order valence-corrected chi connectivity index (χ3v) is 4.57. The largest absolute Gasteiger partial charge is 0.334 e. The number of hydrogen-bond donors (Lipinski definition) is 0. The predicted molar refractivity (Wildman–Crippen MR) is 105 cm³/mol. The van der Waals surface area contributed by atoms with Gasteiger partial charge in [-0.3, -0.25) is 14.0 Å². The summed E-state index contributed by atoms with van der Waals surface area (Å²) in [5.74, 6) is 0.360. The first kappa shape index (κ1) is 17.7. The number of carbonyl (C=O) groups excluding carboxylic acids is 1. The molecule has 3 heterocycles. The van der Waals surface area contributed by atoms with Crippen molar-refractivity contribution in [2.45, 2.75) is 13.1 Å². The first-order valence-corrected chi connectivity index (χ1v) is 8.89.